The number of benzene rings is 2. The fourth-order valence-corrected chi connectivity index (χ4v) is 7.20. The van der Waals surface area contributed by atoms with Gasteiger partial charge in [-0.15, -0.1) is 13.2 Å². The smallest absolute Gasteiger partial charge is 0.312 e. The lowest BCUT2D eigenvalue weighted by Gasteiger charge is -2.39. The molecule has 2 aromatic rings. The summed E-state index contributed by atoms with van der Waals surface area (Å²) in [7, 11) is 0. The summed E-state index contributed by atoms with van der Waals surface area (Å²) in [6.07, 6.45) is 4.11. The Kier molecular flexibility index (Phi) is 8.36. The van der Waals surface area contributed by atoms with Crippen molar-refractivity contribution in [3.63, 3.8) is 0 Å². The molecule has 3 heterocycles. The van der Waals surface area contributed by atoms with Gasteiger partial charge in [0.2, 0.25) is 5.91 Å². The molecule has 2 amide bonds. The van der Waals surface area contributed by atoms with Crippen molar-refractivity contribution in [3.8, 4) is 0 Å². The molecule has 9 heteroatoms. The molecule has 1 spiro atoms. The Bertz CT molecular complexity index is 1330. The average Bonchev–Trinajstić information content (AvgIpc) is 3.61. The summed E-state index contributed by atoms with van der Waals surface area (Å²) in [6.45, 7) is 9.23. The number of amides is 2. The van der Waals surface area contributed by atoms with Gasteiger partial charge in [0.05, 0.1) is 47.9 Å². The van der Waals surface area contributed by atoms with Crippen LogP contribution in [0.2, 0.25) is 5.02 Å². The molecule has 3 aliphatic rings. The molecule has 41 heavy (non-hydrogen) atoms. The van der Waals surface area contributed by atoms with Crippen molar-refractivity contribution in [1.82, 2.24) is 4.90 Å². The molecule has 3 saturated heterocycles. The summed E-state index contributed by atoms with van der Waals surface area (Å²) in [5, 5.41) is 11.0. The van der Waals surface area contributed by atoms with Crippen molar-refractivity contribution in [2.45, 2.75) is 50.0 Å². The summed E-state index contributed by atoms with van der Waals surface area (Å²) < 4.78 is 12.1. The lowest BCUT2D eigenvalue weighted by Crippen LogP contribution is -2.57. The first kappa shape index (κ1) is 29.0. The first-order valence-electron chi connectivity index (χ1n) is 13.9. The number of fused-ring (bicyclic) bond motifs is 1. The first-order chi connectivity index (χ1) is 19.8. The van der Waals surface area contributed by atoms with Crippen LogP contribution in [0.4, 0.5) is 5.69 Å². The zero-order valence-corrected chi connectivity index (χ0v) is 23.8. The van der Waals surface area contributed by atoms with Gasteiger partial charge in [-0.2, -0.15) is 0 Å². The fourth-order valence-electron chi connectivity index (χ4n) is 6.88. The number of aryl methyl sites for hydroxylation is 1. The molecule has 2 unspecified atom stereocenters. The van der Waals surface area contributed by atoms with E-state index in [1.807, 2.05) is 31.2 Å². The van der Waals surface area contributed by atoms with Crippen LogP contribution in [0.5, 0.6) is 0 Å². The number of carbonyl (C=O) groups excluding carboxylic acids is 3. The summed E-state index contributed by atoms with van der Waals surface area (Å²) in [6, 6.07) is 12.5. The summed E-state index contributed by atoms with van der Waals surface area (Å²) in [4.78, 5) is 45.6. The van der Waals surface area contributed by atoms with E-state index < -0.39 is 60.0 Å². The first-order valence-corrected chi connectivity index (χ1v) is 14.3. The van der Waals surface area contributed by atoms with Crippen LogP contribution in [-0.4, -0.2) is 65.3 Å². The number of likely N-dealkylation sites (tertiary alicyclic amines) is 1. The SMILES string of the molecule is C=CCCOC(=O)[C@@H]1[C@H]2C(=O)N([C@H](CO)c3ccccc3)C(C(=O)N(CC=C)c3c(C)cccc3Cl)C23CC[C@H]1O3. The third-order valence-corrected chi connectivity index (χ3v) is 8.84. The number of hydrogen-bond acceptors (Lipinski definition) is 6. The summed E-state index contributed by atoms with van der Waals surface area (Å²) in [5.74, 6) is -3.12. The van der Waals surface area contributed by atoms with Crippen LogP contribution in [0.15, 0.2) is 73.8 Å². The maximum Gasteiger partial charge on any atom is 0.312 e. The number of ether oxygens (including phenoxy) is 2. The van der Waals surface area contributed by atoms with Crippen molar-refractivity contribution in [2.75, 3.05) is 24.7 Å². The molecule has 1 N–H and O–H groups in total. The van der Waals surface area contributed by atoms with E-state index in [9.17, 15) is 19.5 Å². The largest absolute Gasteiger partial charge is 0.465 e. The van der Waals surface area contributed by atoms with Crippen molar-refractivity contribution >= 4 is 35.1 Å². The van der Waals surface area contributed by atoms with Crippen LogP contribution in [-0.2, 0) is 23.9 Å². The normalized spacial score (nSPS) is 26.9. The highest BCUT2D eigenvalue weighted by molar-refractivity contribution is 6.34. The summed E-state index contributed by atoms with van der Waals surface area (Å²) >= 11 is 6.63. The van der Waals surface area contributed by atoms with Crippen LogP contribution < -0.4 is 4.90 Å². The summed E-state index contributed by atoms with van der Waals surface area (Å²) in [5.41, 5.74) is 0.693. The van der Waals surface area contributed by atoms with Gasteiger partial charge in [0.15, 0.2) is 0 Å². The minimum Gasteiger partial charge on any atom is -0.465 e. The third-order valence-electron chi connectivity index (χ3n) is 8.54. The standard InChI is InChI=1S/C32H35ClN2O6/c1-4-6-18-40-31(39)25-24-15-16-32(41-24)26(25)29(37)35(23(19-36)21-12-8-7-9-13-21)28(32)30(38)34(17-5-2)27-20(3)11-10-14-22(27)33/h4-5,7-14,23-26,28,36H,1-2,6,15-19H2,3H3/t23-,24-,25+,26+,28?,32?/m1/s1. The number of anilines is 1. The monoisotopic (exact) mass is 578 g/mol. The van der Waals surface area contributed by atoms with Gasteiger partial charge in [-0.25, -0.2) is 0 Å². The van der Waals surface area contributed by atoms with Crippen molar-refractivity contribution in [3.05, 3.63) is 90.0 Å². The zero-order valence-electron chi connectivity index (χ0n) is 23.1. The van der Waals surface area contributed by atoms with Gasteiger partial charge in [0.1, 0.15) is 11.6 Å². The molecular formula is C32H35ClN2O6. The van der Waals surface area contributed by atoms with E-state index >= 15 is 0 Å². The number of halogens is 1. The molecule has 0 aliphatic carbocycles. The van der Waals surface area contributed by atoms with Gasteiger partial charge < -0.3 is 24.4 Å². The number of rotatable bonds is 11. The number of para-hydroxylation sites is 1. The zero-order chi connectivity index (χ0) is 29.3. The second-order valence-electron chi connectivity index (χ2n) is 10.8. The third kappa shape index (κ3) is 4.78. The second-order valence-corrected chi connectivity index (χ2v) is 11.2. The number of carbonyl (C=O) groups is 3. The highest BCUT2D eigenvalue weighted by Gasteiger charge is 2.75. The molecule has 5 rings (SSSR count). The molecule has 2 bridgehead atoms. The highest BCUT2D eigenvalue weighted by atomic mass is 35.5. The minimum absolute atomic E-state index is 0.133. The topological polar surface area (TPSA) is 96.4 Å². The van der Waals surface area contributed by atoms with Gasteiger partial charge in [-0.1, -0.05) is 66.2 Å². The van der Waals surface area contributed by atoms with Gasteiger partial charge in [0.25, 0.3) is 5.91 Å². The molecule has 8 nitrogen and oxygen atoms in total. The average molecular weight is 579 g/mol. The van der Waals surface area contributed by atoms with Crippen LogP contribution in [0.3, 0.4) is 0 Å². The minimum atomic E-state index is -1.27. The maximum atomic E-state index is 14.8. The Morgan fingerprint density at radius 3 is 2.63 bits per heavy atom. The fraction of sp³-hybridized carbons (Fsp3) is 0.406. The van der Waals surface area contributed by atoms with Crippen LogP contribution in [0.25, 0.3) is 0 Å². The molecule has 0 saturated carbocycles. The molecule has 6 atom stereocenters. The number of aliphatic hydroxyl groups is 1. The Hall–Kier alpha value is -3.46. The van der Waals surface area contributed by atoms with Gasteiger partial charge in [-0.05, 0) is 43.4 Å². The second kappa shape index (κ2) is 11.8. The van der Waals surface area contributed by atoms with E-state index in [-0.39, 0.29) is 13.2 Å². The number of nitrogens with zero attached hydrogens (tertiary/aromatic N) is 2. The van der Waals surface area contributed by atoms with E-state index in [0.29, 0.717) is 35.5 Å². The quantitative estimate of drug-likeness (QED) is 0.241. The number of hydrogen-bond donors (Lipinski definition) is 1. The van der Waals surface area contributed by atoms with Crippen LogP contribution >= 0.6 is 11.6 Å². The number of aliphatic hydroxyl groups excluding tert-OH is 1. The van der Waals surface area contributed by atoms with E-state index in [1.54, 1.807) is 36.4 Å². The van der Waals surface area contributed by atoms with E-state index in [0.717, 1.165) is 5.56 Å². The van der Waals surface area contributed by atoms with Crippen molar-refractivity contribution < 1.29 is 29.0 Å². The molecule has 2 aromatic carbocycles. The predicted octanol–water partition coefficient (Wildman–Crippen LogP) is 4.39. The molecule has 3 aliphatic heterocycles. The predicted molar refractivity (Wildman–Crippen MR) is 155 cm³/mol. The Morgan fingerprint density at radius 1 is 1.22 bits per heavy atom. The van der Waals surface area contributed by atoms with E-state index in [4.69, 9.17) is 21.1 Å². The van der Waals surface area contributed by atoms with Crippen molar-refractivity contribution in [2.24, 2.45) is 11.8 Å². The van der Waals surface area contributed by atoms with Gasteiger partial charge >= 0.3 is 5.97 Å². The molecular weight excluding hydrogens is 544 g/mol. The number of esters is 1. The lowest BCUT2D eigenvalue weighted by atomic mass is 9.70. The molecule has 3 fully saturated rings. The van der Waals surface area contributed by atoms with Gasteiger partial charge in [0, 0.05) is 6.54 Å². The van der Waals surface area contributed by atoms with Crippen LogP contribution in [0.1, 0.15) is 36.4 Å². The highest BCUT2D eigenvalue weighted by Crippen LogP contribution is 2.60. The Balaban J connectivity index is 1.64. The van der Waals surface area contributed by atoms with Crippen molar-refractivity contribution in [1.29, 1.82) is 0 Å². The molecule has 216 valence electrons. The van der Waals surface area contributed by atoms with E-state index in [2.05, 4.69) is 13.2 Å². The molecule has 0 aromatic heterocycles. The Morgan fingerprint density at radius 2 is 1.98 bits per heavy atom. The van der Waals surface area contributed by atoms with E-state index in [1.165, 1.54) is 9.80 Å². The van der Waals surface area contributed by atoms with Crippen LogP contribution in [0, 0.1) is 18.8 Å². The maximum absolute atomic E-state index is 14.8. The molecule has 0 radical (unpaired) electrons. The lowest BCUT2D eigenvalue weighted by molar-refractivity contribution is -0.155. The van der Waals surface area contributed by atoms with Gasteiger partial charge in [-0.3, -0.25) is 14.4 Å². The Labute approximate surface area is 245 Å².